The molecule has 0 N–H and O–H groups in total. The van der Waals surface area contributed by atoms with Crippen molar-refractivity contribution in [1.29, 1.82) is 0 Å². The van der Waals surface area contributed by atoms with Gasteiger partial charge in [-0.1, -0.05) is 58.4 Å². The molecule has 1 heterocycles. The van der Waals surface area contributed by atoms with Gasteiger partial charge in [0.2, 0.25) is 0 Å². The molecule has 0 bridgehead atoms. The van der Waals surface area contributed by atoms with Gasteiger partial charge in [-0.05, 0) is 17.5 Å². The second-order valence-corrected chi connectivity index (χ2v) is 5.07. The normalized spacial score (nSPS) is 10.5. The van der Waals surface area contributed by atoms with Crippen molar-refractivity contribution in [3.05, 3.63) is 72.1 Å². The summed E-state index contributed by atoms with van der Waals surface area (Å²) in [6, 6.07) is 16.8. The summed E-state index contributed by atoms with van der Waals surface area (Å²) in [5.74, 6) is 0.0689. The molecule has 0 fully saturated rings. The van der Waals surface area contributed by atoms with Crippen molar-refractivity contribution in [3.63, 3.8) is 0 Å². The van der Waals surface area contributed by atoms with Crippen LogP contribution >= 0.6 is 15.9 Å². The Hall–Kier alpha value is -2.20. The first-order valence-corrected chi connectivity index (χ1v) is 7.61. The van der Waals surface area contributed by atoms with Crippen molar-refractivity contribution in [2.45, 2.75) is 5.33 Å². The molecular formula is C17H12BrNO2. The van der Waals surface area contributed by atoms with Gasteiger partial charge < -0.3 is 4.74 Å². The topological polar surface area (TPSA) is 39.2 Å². The number of carbonyl (C=O) groups is 1. The molecule has 0 saturated carbocycles. The zero-order chi connectivity index (χ0) is 14.7. The van der Waals surface area contributed by atoms with Crippen molar-refractivity contribution in [1.82, 2.24) is 4.98 Å². The van der Waals surface area contributed by atoms with E-state index >= 15 is 0 Å². The molecule has 0 unspecified atom stereocenters. The van der Waals surface area contributed by atoms with Crippen LogP contribution in [0.4, 0.5) is 0 Å². The van der Waals surface area contributed by atoms with Crippen LogP contribution in [0.3, 0.4) is 0 Å². The fourth-order valence-corrected chi connectivity index (χ4v) is 2.75. The van der Waals surface area contributed by atoms with Gasteiger partial charge in [0.05, 0.1) is 0 Å². The number of alkyl halides is 1. The number of benzene rings is 2. The molecule has 0 amide bonds. The van der Waals surface area contributed by atoms with Crippen LogP contribution in [0.2, 0.25) is 0 Å². The number of nitrogens with zero attached hydrogens (tertiary/aromatic N) is 1. The van der Waals surface area contributed by atoms with Crippen LogP contribution in [-0.4, -0.2) is 11.0 Å². The van der Waals surface area contributed by atoms with Crippen molar-refractivity contribution in [2.24, 2.45) is 0 Å². The Balaban J connectivity index is 2.02. The minimum atomic E-state index is -0.443. The third-order valence-electron chi connectivity index (χ3n) is 3.19. The predicted octanol–water partition coefficient (Wildman–Crippen LogP) is 4.35. The first-order valence-electron chi connectivity index (χ1n) is 6.49. The molecule has 0 radical (unpaired) electrons. The smallest absolute Gasteiger partial charge is 0.362 e. The average Bonchev–Trinajstić information content (AvgIpc) is 2.54. The monoisotopic (exact) mass is 341 g/mol. The van der Waals surface area contributed by atoms with Crippen molar-refractivity contribution in [3.8, 4) is 5.75 Å². The molecule has 3 aromatic rings. The Labute approximate surface area is 130 Å². The molecular weight excluding hydrogens is 330 g/mol. The molecule has 0 aliphatic carbocycles. The molecule has 0 aliphatic heterocycles. The van der Waals surface area contributed by atoms with Gasteiger partial charge in [0.1, 0.15) is 5.75 Å². The van der Waals surface area contributed by atoms with Crippen molar-refractivity contribution >= 4 is 32.7 Å². The highest BCUT2D eigenvalue weighted by Crippen LogP contribution is 2.24. The van der Waals surface area contributed by atoms with Gasteiger partial charge in [-0.2, -0.15) is 0 Å². The van der Waals surface area contributed by atoms with E-state index in [0.29, 0.717) is 16.8 Å². The second kappa shape index (κ2) is 6.06. The van der Waals surface area contributed by atoms with E-state index in [4.69, 9.17) is 4.74 Å². The highest BCUT2D eigenvalue weighted by Gasteiger charge is 2.17. The van der Waals surface area contributed by atoms with Gasteiger partial charge in [-0.15, -0.1) is 0 Å². The molecule has 1 aromatic heterocycles. The van der Waals surface area contributed by atoms with Crippen molar-refractivity contribution < 1.29 is 9.53 Å². The Morgan fingerprint density at radius 1 is 1.05 bits per heavy atom. The fraction of sp³-hybridized carbons (Fsp3) is 0.0588. The van der Waals surface area contributed by atoms with E-state index in [-0.39, 0.29) is 0 Å². The zero-order valence-corrected chi connectivity index (χ0v) is 12.7. The van der Waals surface area contributed by atoms with E-state index in [1.54, 1.807) is 18.3 Å². The SMILES string of the molecule is O=C(Oc1ccccc1)c1ncc2ccccc2c1CBr. The molecule has 3 nitrogen and oxygen atoms in total. The second-order valence-electron chi connectivity index (χ2n) is 4.51. The highest BCUT2D eigenvalue weighted by atomic mass is 79.9. The van der Waals surface area contributed by atoms with Crippen LogP contribution < -0.4 is 4.74 Å². The summed E-state index contributed by atoms with van der Waals surface area (Å²) < 4.78 is 5.37. The van der Waals surface area contributed by atoms with Crippen LogP contribution in [0.5, 0.6) is 5.75 Å². The van der Waals surface area contributed by atoms with E-state index in [2.05, 4.69) is 20.9 Å². The summed E-state index contributed by atoms with van der Waals surface area (Å²) in [5.41, 5.74) is 1.18. The summed E-state index contributed by atoms with van der Waals surface area (Å²) in [6.45, 7) is 0. The summed E-state index contributed by atoms with van der Waals surface area (Å²) in [5, 5.41) is 2.55. The number of hydrogen-bond donors (Lipinski definition) is 0. The van der Waals surface area contributed by atoms with Gasteiger partial charge in [0, 0.05) is 22.5 Å². The molecule has 0 atom stereocenters. The first-order chi connectivity index (χ1) is 10.3. The van der Waals surface area contributed by atoms with E-state index in [1.807, 2.05) is 42.5 Å². The van der Waals surface area contributed by atoms with Gasteiger partial charge in [0.15, 0.2) is 5.69 Å². The number of halogens is 1. The maximum atomic E-state index is 12.3. The summed E-state index contributed by atoms with van der Waals surface area (Å²) in [7, 11) is 0. The number of pyridine rings is 1. The molecule has 0 spiro atoms. The van der Waals surface area contributed by atoms with Crippen LogP contribution in [0.25, 0.3) is 10.8 Å². The molecule has 4 heteroatoms. The van der Waals surface area contributed by atoms with Crippen LogP contribution in [0, 0.1) is 0 Å². The van der Waals surface area contributed by atoms with Crippen LogP contribution in [0.15, 0.2) is 60.8 Å². The number of para-hydroxylation sites is 1. The van der Waals surface area contributed by atoms with E-state index in [0.717, 1.165) is 16.3 Å². The number of aromatic nitrogens is 1. The Bertz CT molecular complexity index is 787. The maximum absolute atomic E-state index is 12.3. The third-order valence-corrected chi connectivity index (χ3v) is 3.75. The summed E-state index contributed by atoms with van der Waals surface area (Å²) in [4.78, 5) is 16.6. The largest absolute Gasteiger partial charge is 0.422 e. The molecule has 21 heavy (non-hydrogen) atoms. The highest BCUT2D eigenvalue weighted by molar-refractivity contribution is 9.08. The fourth-order valence-electron chi connectivity index (χ4n) is 2.18. The van der Waals surface area contributed by atoms with Crippen LogP contribution in [-0.2, 0) is 5.33 Å². The standard InChI is InChI=1S/C17H12BrNO2/c18-10-15-14-9-5-4-6-12(14)11-19-16(15)17(20)21-13-7-2-1-3-8-13/h1-9,11H,10H2. The molecule has 104 valence electrons. The lowest BCUT2D eigenvalue weighted by Gasteiger charge is -2.09. The number of rotatable bonds is 3. The predicted molar refractivity (Wildman–Crippen MR) is 85.8 cm³/mol. The lowest BCUT2D eigenvalue weighted by Crippen LogP contribution is -2.13. The molecule has 2 aromatic carbocycles. The number of fused-ring (bicyclic) bond motifs is 1. The average molecular weight is 342 g/mol. The minimum absolute atomic E-state index is 0.342. The molecule has 0 aliphatic rings. The Morgan fingerprint density at radius 3 is 2.52 bits per heavy atom. The van der Waals surface area contributed by atoms with Gasteiger partial charge in [0.25, 0.3) is 0 Å². The lowest BCUT2D eigenvalue weighted by atomic mass is 10.1. The zero-order valence-electron chi connectivity index (χ0n) is 11.1. The van der Waals surface area contributed by atoms with Crippen LogP contribution in [0.1, 0.15) is 16.1 Å². The Morgan fingerprint density at radius 2 is 1.76 bits per heavy atom. The van der Waals surface area contributed by atoms with Crippen molar-refractivity contribution in [2.75, 3.05) is 0 Å². The maximum Gasteiger partial charge on any atom is 0.362 e. The minimum Gasteiger partial charge on any atom is -0.422 e. The summed E-state index contributed by atoms with van der Waals surface area (Å²) >= 11 is 3.44. The first kappa shape index (κ1) is 13.8. The van der Waals surface area contributed by atoms with E-state index in [1.165, 1.54) is 0 Å². The van der Waals surface area contributed by atoms with Gasteiger partial charge in [-0.25, -0.2) is 9.78 Å². The summed E-state index contributed by atoms with van der Waals surface area (Å²) in [6.07, 6.45) is 1.70. The van der Waals surface area contributed by atoms with E-state index < -0.39 is 5.97 Å². The quantitative estimate of drug-likeness (QED) is 0.404. The molecule has 3 rings (SSSR count). The number of hydrogen-bond acceptors (Lipinski definition) is 3. The van der Waals surface area contributed by atoms with E-state index in [9.17, 15) is 4.79 Å². The molecule has 0 saturated heterocycles. The van der Waals surface area contributed by atoms with Gasteiger partial charge in [-0.3, -0.25) is 0 Å². The van der Waals surface area contributed by atoms with Gasteiger partial charge >= 0.3 is 5.97 Å². The lowest BCUT2D eigenvalue weighted by molar-refractivity contribution is 0.0728. The number of esters is 1. The Kier molecular flexibility index (Phi) is 3.97. The number of carbonyl (C=O) groups excluding carboxylic acids is 1. The third kappa shape index (κ3) is 2.81. The number of ether oxygens (including phenoxy) is 1.